The molecule has 0 spiro atoms. The molecule has 5 rings (SSSR count). The molecule has 0 aromatic heterocycles. The fourth-order valence-electron chi connectivity index (χ4n) is 5.83. The van der Waals surface area contributed by atoms with Gasteiger partial charge in [-0.25, -0.2) is 0 Å². The van der Waals surface area contributed by atoms with Crippen LogP contribution in [0.15, 0.2) is 66.7 Å². The fraction of sp³-hybridized carbons (Fsp3) is 0.393. The Morgan fingerprint density at radius 2 is 1.52 bits per heavy atom. The van der Waals surface area contributed by atoms with E-state index in [4.69, 9.17) is 0 Å². The van der Waals surface area contributed by atoms with Crippen LogP contribution in [0.1, 0.15) is 56.6 Å². The Bertz CT molecular complexity index is 1060. The molecule has 1 aliphatic heterocycles. The third-order valence-electron chi connectivity index (χ3n) is 7.36. The summed E-state index contributed by atoms with van der Waals surface area (Å²) in [4.78, 5) is 17.8. The van der Waals surface area contributed by atoms with Crippen LogP contribution in [0.2, 0.25) is 0 Å². The second kappa shape index (κ2) is 8.47. The van der Waals surface area contributed by atoms with Gasteiger partial charge in [0.1, 0.15) is 0 Å². The smallest absolute Gasteiger partial charge is 0.224 e. The lowest BCUT2D eigenvalue weighted by molar-refractivity contribution is -0.118. The Labute approximate surface area is 185 Å². The SMILES string of the molecule is CC(=O)N(c1ccc2ccccc2c1)C1(CCN2Cc3ccccc3C2)CCCCC1. The van der Waals surface area contributed by atoms with Gasteiger partial charge in [0, 0.05) is 37.8 Å². The summed E-state index contributed by atoms with van der Waals surface area (Å²) in [5.41, 5.74) is 3.88. The molecular formula is C28H32N2O. The van der Waals surface area contributed by atoms with E-state index in [1.165, 1.54) is 41.2 Å². The topological polar surface area (TPSA) is 23.6 Å². The number of hydrogen-bond acceptors (Lipinski definition) is 2. The summed E-state index contributed by atoms with van der Waals surface area (Å²) in [6, 6.07) is 23.7. The number of carbonyl (C=O) groups excluding carboxylic acids is 1. The minimum Gasteiger partial charge on any atom is -0.306 e. The molecular weight excluding hydrogens is 380 g/mol. The molecule has 2 aliphatic rings. The predicted octanol–water partition coefficient (Wildman–Crippen LogP) is 6.30. The molecule has 3 aromatic rings. The highest BCUT2D eigenvalue weighted by molar-refractivity contribution is 5.96. The molecule has 31 heavy (non-hydrogen) atoms. The van der Waals surface area contributed by atoms with E-state index in [9.17, 15) is 4.79 Å². The molecule has 0 radical (unpaired) electrons. The summed E-state index contributed by atoms with van der Waals surface area (Å²) in [7, 11) is 0. The molecule has 0 bridgehead atoms. The van der Waals surface area contributed by atoms with Gasteiger partial charge < -0.3 is 4.90 Å². The number of hydrogen-bond donors (Lipinski definition) is 0. The number of rotatable bonds is 5. The Kier molecular flexibility index (Phi) is 5.54. The average molecular weight is 413 g/mol. The first-order valence-corrected chi connectivity index (χ1v) is 11.7. The molecule has 1 fully saturated rings. The Morgan fingerprint density at radius 3 is 2.19 bits per heavy atom. The van der Waals surface area contributed by atoms with Gasteiger partial charge in [-0.3, -0.25) is 9.69 Å². The van der Waals surface area contributed by atoms with Crippen LogP contribution in [-0.4, -0.2) is 22.9 Å². The Hall–Kier alpha value is -2.65. The Morgan fingerprint density at radius 1 is 0.871 bits per heavy atom. The standard InChI is InChI=1S/C28H32N2O/c1-22(31)30(27-14-13-23-9-3-4-10-24(23)19-27)28(15-7-2-8-16-28)17-18-29-20-25-11-5-6-12-26(25)21-29/h3-6,9-14,19H,2,7-8,15-18,20-21H2,1H3. The highest BCUT2D eigenvalue weighted by atomic mass is 16.2. The molecule has 0 unspecified atom stereocenters. The van der Waals surface area contributed by atoms with Crippen LogP contribution in [0.3, 0.4) is 0 Å². The van der Waals surface area contributed by atoms with Crippen molar-refractivity contribution < 1.29 is 4.79 Å². The molecule has 3 aromatic carbocycles. The normalized spacial score (nSPS) is 18.1. The van der Waals surface area contributed by atoms with Gasteiger partial charge in [0.15, 0.2) is 0 Å². The third kappa shape index (κ3) is 3.99. The van der Waals surface area contributed by atoms with Crippen LogP contribution in [-0.2, 0) is 17.9 Å². The minimum atomic E-state index is -0.0820. The van der Waals surface area contributed by atoms with Crippen molar-refractivity contribution in [2.45, 2.75) is 64.1 Å². The van der Waals surface area contributed by atoms with Crippen molar-refractivity contribution in [3.63, 3.8) is 0 Å². The number of benzene rings is 3. The molecule has 3 nitrogen and oxygen atoms in total. The van der Waals surface area contributed by atoms with Crippen LogP contribution in [0.5, 0.6) is 0 Å². The fourth-order valence-corrected chi connectivity index (χ4v) is 5.83. The van der Waals surface area contributed by atoms with Crippen molar-refractivity contribution in [3.05, 3.63) is 77.9 Å². The highest BCUT2D eigenvalue weighted by Gasteiger charge is 2.40. The van der Waals surface area contributed by atoms with Gasteiger partial charge in [-0.05, 0) is 53.3 Å². The van der Waals surface area contributed by atoms with Crippen molar-refractivity contribution in [2.75, 3.05) is 11.4 Å². The maximum Gasteiger partial charge on any atom is 0.224 e. The second-order valence-electron chi connectivity index (χ2n) is 9.40. The van der Waals surface area contributed by atoms with Gasteiger partial charge in [0.2, 0.25) is 5.91 Å². The van der Waals surface area contributed by atoms with Crippen LogP contribution < -0.4 is 4.90 Å². The van der Waals surface area contributed by atoms with Gasteiger partial charge in [-0.1, -0.05) is 73.9 Å². The van der Waals surface area contributed by atoms with Crippen molar-refractivity contribution in [2.24, 2.45) is 0 Å². The van der Waals surface area contributed by atoms with E-state index in [0.29, 0.717) is 0 Å². The molecule has 1 heterocycles. The lowest BCUT2D eigenvalue weighted by Gasteiger charge is -2.47. The average Bonchev–Trinajstić information content (AvgIpc) is 3.21. The molecule has 0 N–H and O–H groups in total. The van der Waals surface area contributed by atoms with Crippen LogP contribution in [0.4, 0.5) is 5.69 Å². The number of nitrogens with zero attached hydrogens (tertiary/aromatic N) is 2. The number of anilines is 1. The quantitative estimate of drug-likeness (QED) is 0.491. The van der Waals surface area contributed by atoms with E-state index in [-0.39, 0.29) is 11.4 Å². The van der Waals surface area contributed by atoms with E-state index >= 15 is 0 Å². The maximum atomic E-state index is 13.1. The largest absolute Gasteiger partial charge is 0.306 e. The number of amides is 1. The summed E-state index contributed by atoms with van der Waals surface area (Å²) in [5, 5.41) is 2.43. The van der Waals surface area contributed by atoms with E-state index in [1.807, 2.05) is 0 Å². The van der Waals surface area contributed by atoms with E-state index < -0.39 is 0 Å². The number of carbonyl (C=O) groups is 1. The van der Waals surface area contributed by atoms with Crippen LogP contribution in [0.25, 0.3) is 10.8 Å². The zero-order valence-corrected chi connectivity index (χ0v) is 18.5. The second-order valence-corrected chi connectivity index (χ2v) is 9.40. The number of fused-ring (bicyclic) bond motifs is 2. The monoisotopic (exact) mass is 412 g/mol. The maximum absolute atomic E-state index is 13.1. The van der Waals surface area contributed by atoms with Gasteiger partial charge in [-0.2, -0.15) is 0 Å². The summed E-state index contributed by atoms with van der Waals surface area (Å²) in [6.07, 6.45) is 6.92. The van der Waals surface area contributed by atoms with Gasteiger partial charge >= 0.3 is 0 Å². The molecule has 160 valence electrons. The van der Waals surface area contributed by atoms with Gasteiger partial charge in [0.25, 0.3) is 0 Å². The summed E-state index contributed by atoms with van der Waals surface area (Å²) in [6.45, 7) is 4.84. The minimum absolute atomic E-state index is 0.0820. The molecule has 0 atom stereocenters. The van der Waals surface area contributed by atoms with E-state index in [2.05, 4.69) is 76.5 Å². The molecule has 1 saturated carbocycles. The van der Waals surface area contributed by atoms with Crippen LogP contribution >= 0.6 is 0 Å². The molecule has 1 aliphatic carbocycles. The molecule has 3 heteroatoms. The first kappa shape index (κ1) is 20.3. The van der Waals surface area contributed by atoms with Gasteiger partial charge in [-0.15, -0.1) is 0 Å². The van der Waals surface area contributed by atoms with E-state index in [0.717, 1.165) is 44.6 Å². The van der Waals surface area contributed by atoms with Crippen molar-refractivity contribution in [3.8, 4) is 0 Å². The summed E-state index contributed by atoms with van der Waals surface area (Å²) < 4.78 is 0. The third-order valence-corrected chi connectivity index (χ3v) is 7.36. The zero-order chi connectivity index (χ0) is 21.3. The van der Waals surface area contributed by atoms with Crippen LogP contribution in [0, 0.1) is 0 Å². The zero-order valence-electron chi connectivity index (χ0n) is 18.5. The molecule has 1 amide bonds. The summed E-state index contributed by atoms with van der Waals surface area (Å²) >= 11 is 0. The first-order chi connectivity index (χ1) is 15.1. The van der Waals surface area contributed by atoms with Crippen molar-refractivity contribution in [1.29, 1.82) is 0 Å². The van der Waals surface area contributed by atoms with Gasteiger partial charge in [0.05, 0.1) is 0 Å². The molecule has 0 saturated heterocycles. The lowest BCUT2D eigenvalue weighted by atomic mass is 9.77. The highest BCUT2D eigenvalue weighted by Crippen LogP contribution is 2.41. The van der Waals surface area contributed by atoms with E-state index in [1.54, 1.807) is 6.92 Å². The van der Waals surface area contributed by atoms with Crippen molar-refractivity contribution in [1.82, 2.24) is 4.90 Å². The summed E-state index contributed by atoms with van der Waals surface area (Å²) in [5.74, 6) is 0.168. The Balaban J connectivity index is 1.43. The predicted molar refractivity (Wildman–Crippen MR) is 128 cm³/mol. The van der Waals surface area contributed by atoms with Crippen molar-refractivity contribution >= 4 is 22.4 Å². The lowest BCUT2D eigenvalue weighted by Crippen LogP contribution is -2.54. The first-order valence-electron chi connectivity index (χ1n) is 11.7.